The first-order valence-corrected chi connectivity index (χ1v) is 8.44. The largest absolute Gasteiger partial charge is 0.480 e. The van der Waals surface area contributed by atoms with Gasteiger partial charge >= 0.3 is 5.97 Å². The van der Waals surface area contributed by atoms with Crippen molar-refractivity contribution < 1.29 is 18.3 Å². The van der Waals surface area contributed by atoms with E-state index in [2.05, 4.69) is 18.6 Å². The van der Waals surface area contributed by atoms with E-state index in [9.17, 15) is 13.2 Å². The maximum Gasteiger partial charge on any atom is 0.323 e. The zero-order valence-electron chi connectivity index (χ0n) is 12.0. The highest BCUT2D eigenvalue weighted by molar-refractivity contribution is 7.90. The number of carboxylic acid groups (broad SMARTS) is 1. The normalized spacial score (nSPS) is 20.6. The molecular weight excluding hydrogens is 266 g/mol. The van der Waals surface area contributed by atoms with Crippen molar-refractivity contribution in [3.8, 4) is 0 Å². The molecule has 0 spiro atoms. The highest BCUT2D eigenvalue weighted by atomic mass is 32.2. The fourth-order valence-electron chi connectivity index (χ4n) is 2.96. The van der Waals surface area contributed by atoms with E-state index in [-0.39, 0.29) is 5.41 Å². The number of carboxylic acids is 1. The molecule has 0 bridgehead atoms. The number of hydrogen-bond acceptors (Lipinski definition) is 3. The van der Waals surface area contributed by atoms with Crippen molar-refractivity contribution in [2.24, 2.45) is 11.3 Å². The van der Waals surface area contributed by atoms with E-state index in [0.29, 0.717) is 12.5 Å². The average Bonchev–Trinajstić information content (AvgIpc) is 2.73. The number of carbonyl (C=O) groups is 1. The van der Waals surface area contributed by atoms with E-state index < -0.39 is 21.2 Å². The van der Waals surface area contributed by atoms with Gasteiger partial charge < -0.3 is 5.11 Å². The lowest BCUT2D eigenvalue weighted by atomic mass is 9.79. The molecule has 0 aliphatic heterocycles. The summed E-state index contributed by atoms with van der Waals surface area (Å²) in [6.45, 7) is 5.84. The van der Waals surface area contributed by atoms with Gasteiger partial charge in [-0.25, -0.2) is 13.1 Å². The van der Waals surface area contributed by atoms with Crippen LogP contribution in [0.25, 0.3) is 0 Å². The van der Waals surface area contributed by atoms with Gasteiger partial charge in [0.1, 0.15) is 0 Å². The number of aliphatic carboxylic acids is 1. The minimum absolute atomic E-state index is 0.0134. The predicted octanol–water partition coefficient (Wildman–Crippen LogP) is 1.99. The number of sulfonamides is 1. The molecule has 1 atom stereocenters. The summed E-state index contributed by atoms with van der Waals surface area (Å²) < 4.78 is 26.2. The van der Waals surface area contributed by atoms with Gasteiger partial charge in [0.25, 0.3) is 0 Å². The Hall–Kier alpha value is -0.620. The molecule has 0 radical (unpaired) electrons. The third-order valence-corrected chi connectivity index (χ3v) is 5.65. The number of hydrogen-bond donors (Lipinski definition) is 2. The summed E-state index contributed by atoms with van der Waals surface area (Å²) in [6, 6.07) is 0. The van der Waals surface area contributed by atoms with E-state index in [1.165, 1.54) is 6.92 Å². The molecule has 19 heavy (non-hydrogen) atoms. The predicted molar refractivity (Wildman–Crippen MR) is 74.4 cm³/mol. The second kappa shape index (κ2) is 6.22. The Kier molecular flexibility index (Phi) is 5.38. The summed E-state index contributed by atoms with van der Waals surface area (Å²) in [6.07, 6.45) is 5.28. The quantitative estimate of drug-likeness (QED) is 0.751. The van der Waals surface area contributed by atoms with Gasteiger partial charge in [0.2, 0.25) is 10.0 Å². The molecule has 6 heteroatoms. The van der Waals surface area contributed by atoms with Gasteiger partial charge in [0, 0.05) is 6.54 Å². The van der Waals surface area contributed by atoms with Crippen LogP contribution in [0, 0.1) is 11.3 Å². The minimum Gasteiger partial charge on any atom is -0.480 e. The van der Waals surface area contributed by atoms with E-state index in [4.69, 9.17) is 5.11 Å². The van der Waals surface area contributed by atoms with Gasteiger partial charge in [-0.05, 0) is 37.5 Å². The summed E-state index contributed by atoms with van der Waals surface area (Å²) in [4.78, 5) is 10.8. The van der Waals surface area contributed by atoms with Crippen molar-refractivity contribution in [3.63, 3.8) is 0 Å². The zero-order chi connectivity index (χ0) is 14.7. The molecule has 1 unspecified atom stereocenters. The maximum atomic E-state index is 11.9. The van der Waals surface area contributed by atoms with Crippen molar-refractivity contribution in [1.82, 2.24) is 4.72 Å². The first-order chi connectivity index (χ1) is 8.68. The Morgan fingerprint density at radius 3 is 2.21 bits per heavy atom. The second-order valence-corrected chi connectivity index (χ2v) is 8.24. The molecule has 0 saturated heterocycles. The molecule has 0 aromatic carbocycles. The van der Waals surface area contributed by atoms with Crippen LogP contribution in [0.5, 0.6) is 0 Å². The molecule has 0 aromatic rings. The van der Waals surface area contributed by atoms with Crippen LogP contribution in [-0.4, -0.2) is 31.3 Å². The lowest BCUT2D eigenvalue weighted by Crippen LogP contribution is -2.43. The Balaban J connectivity index is 2.69. The number of rotatable bonds is 7. The average molecular weight is 291 g/mol. The van der Waals surface area contributed by atoms with Crippen molar-refractivity contribution in [2.75, 3.05) is 6.54 Å². The standard InChI is InChI=1S/C13H25NO4S/c1-10(2)8-13(6-4-5-7-13)9-14-19(17,18)11(3)12(15)16/h10-11,14H,4-9H2,1-3H3,(H,15,16). The van der Waals surface area contributed by atoms with E-state index in [1.54, 1.807) is 0 Å². The molecule has 0 amide bonds. The molecule has 0 heterocycles. The van der Waals surface area contributed by atoms with Crippen molar-refractivity contribution in [3.05, 3.63) is 0 Å². The van der Waals surface area contributed by atoms with Crippen LogP contribution in [0.2, 0.25) is 0 Å². The summed E-state index contributed by atoms with van der Waals surface area (Å²) in [5.41, 5.74) is 0.0134. The van der Waals surface area contributed by atoms with Crippen LogP contribution in [0.1, 0.15) is 52.9 Å². The molecule has 0 aromatic heterocycles. The third-order valence-electron chi connectivity index (χ3n) is 3.97. The van der Waals surface area contributed by atoms with Gasteiger partial charge in [-0.2, -0.15) is 0 Å². The van der Waals surface area contributed by atoms with Crippen LogP contribution in [0.3, 0.4) is 0 Å². The molecule has 112 valence electrons. The summed E-state index contributed by atoms with van der Waals surface area (Å²) in [7, 11) is -3.77. The molecule has 5 nitrogen and oxygen atoms in total. The minimum atomic E-state index is -3.77. The lowest BCUT2D eigenvalue weighted by molar-refractivity contribution is -0.136. The molecule has 2 N–H and O–H groups in total. The second-order valence-electron chi connectivity index (χ2n) is 6.15. The van der Waals surface area contributed by atoms with Crippen LogP contribution in [0.4, 0.5) is 0 Å². The fourth-order valence-corrected chi connectivity index (χ4v) is 3.98. The summed E-state index contributed by atoms with van der Waals surface area (Å²) in [5, 5.41) is 7.40. The van der Waals surface area contributed by atoms with Crippen LogP contribution >= 0.6 is 0 Å². The van der Waals surface area contributed by atoms with Crippen molar-refractivity contribution >= 4 is 16.0 Å². The molecular formula is C13H25NO4S. The van der Waals surface area contributed by atoms with Gasteiger partial charge in [0.05, 0.1) is 0 Å². The first-order valence-electron chi connectivity index (χ1n) is 6.90. The molecule has 1 aliphatic carbocycles. The van der Waals surface area contributed by atoms with Gasteiger partial charge in [-0.3, -0.25) is 4.79 Å². The highest BCUT2D eigenvalue weighted by Crippen LogP contribution is 2.42. The summed E-state index contributed by atoms with van der Waals surface area (Å²) >= 11 is 0. The third kappa shape index (κ3) is 4.45. The first kappa shape index (κ1) is 16.4. The van der Waals surface area contributed by atoms with E-state index in [1.807, 2.05) is 0 Å². The van der Waals surface area contributed by atoms with Crippen LogP contribution in [0.15, 0.2) is 0 Å². The molecule has 1 rings (SSSR count). The lowest BCUT2D eigenvalue weighted by Gasteiger charge is -2.31. The summed E-state index contributed by atoms with van der Waals surface area (Å²) in [5.74, 6) is -0.795. The molecule has 1 aliphatic rings. The van der Waals surface area contributed by atoms with Crippen LogP contribution in [-0.2, 0) is 14.8 Å². The van der Waals surface area contributed by atoms with E-state index >= 15 is 0 Å². The van der Waals surface area contributed by atoms with Gasteiger partial charge in [-0.15, -0.1) is 0 Å². The Labute approximate surface area is 115 Å². The van der Waals surface area contributed by atoms with Crippen LogP contribution < -0.4 is 4.72 Å². The smallest absolute Gasteiger partial charge is 0.323 e. The monoisotopic (exact) mass is 291 g/mol. The van der Waals surface area contributed by atoms with E-state index in [0.717, 1.165) is 32.1 Å². The van der Waals surface area contributed by atoms with Crippen molar-refractivity contribution in [1.29, 1.82) is 0 Å². The fraction of sp³-hybridized carbons (Fsp3) is 0.923. The molecule has 1 fully saturated rings. The topological polar surface area (TPSA) is 83.5 Å². The van der Waals surface area contributed by atoms with Crippen molar-refractivity contribution in [2.45, 2.75) is 58.1 Å². The highest BCUT2D eigenvalue weighted by Gasteiger charge is 2.37. The Morgan fingerprint density at radius 1 is 1.26 bits per heavy atom. The maximum absolute atomic E-state index is 11.9. The van der Waals surface area contributed by atoms with Gasteiger partial charge in [0.15, 0.2) is 5.25 Å². The number of nitrogens with one attached hydrogen (secondary N) is 1. The zero-order valence-corrected chi connectivity index (χ0v) is 12.8. The van der Waals surface area contributed by atoms with Gasteiger partial charge in [-0.1, -0.05) is 26.7 Å². The Bertz CT molecular complexity index is 410. The SMILES string of the molecule is CC(C)CC1(CNS(=O)(=O)C(C)C(=O)O)CCCC1. The Morgan fingerprint density at radius 2 is 1.79 bits per heavy atom. The molecule has 1 saturated carbocycles.